The molecule has 0 bridgehead atoms. The smallest absolute Gasteiger partial charge is 0.237 e. The number of hydrogen-bond acceptors (Lipinski definition) is 4. The molecule has 2 aromatic rings. The van der Waals surface area contributed by atoms with Crippen LogP contribution in [0, 0.1) is 6.92 Å². The lowest BCUT2D eigenvalue weighted by Crippen LogP contribution is -2.42. The van der Waals surface area contributed by atoms with Crippen molar-refractivity contribution in [1.82, 2.24) is 10.2 Å². The second kappa shape index (κ2) is 7.83. The van der Waals surface area contributed by atoms with Crippen LogP contribution >= 0.6 is 0 Å². The summed E-state index contributed by atoms with van der Waals surface area (Å²) in [5.74, 6) is 2.48. The van der Waals surface area contributed by atoms with E-state index in [4.69, 9.17) is 9.15 Å². The highest BCUT2D eigenvalue weighted by molar-refractivity contribution is 5.81. The van der Waals surface area contributed by atoms with E-state index in [0.29, 0.717) is 13.1 Å². The van der Waals surface area contributed by atoms with Crippen molar-refractivity contribution in [2.24, 2.45) is 0 Å². The summed E-state index contributed by atoms with van der Waals surface area (Å²) in [4.78, 5) is 14.3. The molecular weight excluding hydrogens is 292 g/mol. The molecule has 1 unspecified atom stereocenters. The van der Waals surface area contributed by atoms with Crippen molar-refractivity contribution in [3.63, 3.8) is 0 Å². The minimum atomic E-state index is -0.255. The summed E-state index contributed by atoms with van der Waals surface area (Å²) in [5.41, 5.74) is 0.958. The van der Waals surface area contributed by atoms with Crippen LogP contribution in [0.15, 0.2) is 40.8 Å². The summed E-state index contributed by atoms with van der Waals surface area (Å²) in [7, 11) is 3.54. The maximum atomic E-state index is 12.3. The van der Waals surface area contributed by atoms with Crippen molar-refractivity contribution in [2.45, 2.75) is 33.0 Å². The van der Waals surface area contributed by atoms with Crippen LogP contribution in [0.4, 0.5) is 0 Å². The van der Waals surface area contributed by atoms with E-state index >= 15 is 0 Å². The van der Waals surface area contributed by atoms with E-state index < -0.39 is 0 Å². The van der Waals surface area contributed by atoms with Gasteiger partial charge < -0.3 is 14.5 Å². The monoisotopic (exact) mass is 316 g/mol. The molecular formula is C18H24N2O3. The van der Waals surface area contributed by atoms with Gasteiger partial charge in [0.2, 0.25) is 5.91 Å². The summed E-state index contributed by atoms with van der Waals surface area (Å²) in [6, 6.07) is 11.3. The van der Waals surface area contributed by atoms with Gasteiger partial charge in [0, 0.05) is 12.1 Å². The predicted molar refractivity (Wildman–Crippen MR) is 89.2 cm³/mol. The van der Waals surface area contributed by atoms with Crippen LogP contribution in [-0.4, -0.2) is 31.0 Å². The van der Waals surface area contributed by atoms with E-state index in [2.05, 4.69) is 5.32 Å². The zero-order chi connectivity index (χ0) is 16.8. The molecule has 1 heterocycles. The van der Waals surface area contributed by atoms with E-state index in [1.54, 1.807) is 7.11 Å². The first-order chi connectivity index (χ1) is 11.0. The molecule has 5 nitrogen and oxygen atoms in total. The number of hydrogen-bond donors (Lipinski definition) is 1. The zero-order valence-corrected chi connectivity index (χ0v) is 14.1. The van der Waals surface area contributed by atoms with Gasteiger partial charge in [-0.1, -0.05) is 18.2 Å². The lowest BCUT2D eigenvalue weighted by atomic mass is 10.2. The van der Waals surface area contributed by atoms with Crippen molar-refractivity contribution in [3.05, 3.63) is 53.5 Å². The average molecular weight is 316 g/mol. The van der Waals surface area contributed by atoms with E-state index in [1.807, 2.05) is 62.2 Å². The molecule has 0 saturated carbocycles. The topological polar surface area (TPSA) is 54.7 Å². The van der Waals surface area contributed by atoms with Gasteiger partial charge in [-0.05, 0) is 39.1 Å². The summed E-state index contributed by atoms with van der Waals surface area (Å²) in [6.45, 7) is 4.83. The minimum Gasteiger partial charge on any atom is -0.496 e. The molecule has 0 saturated heterocycles. The van der Waals surface area contributed by atoms with Crippen LogP contribution in [0.25, 0.3) is 0 Å². The number of ether oxygens (including phenoxy) is 1. The molecule has 0 spiro atoms. The van der Waals surface area contributed by atoms with Crippen LogP contribution in [0.1, 0.15) is 24.0 Å². The Labute approximate surface area is 137 Å². The Morgan fingerprint density at radius 1 is 1.30 bits per heavy atom. The van der Waals surface area contributed by atoms with Crippen molar-refractivity contribution in [1.29, 1.82) is 0 Å². The standard InChI is InChI=1S/C18H24N2O3/c1-13-9-10-16(23-13)12-20(3)14(2)18(21)19-11-15-7-5-6-8-17(15)22-4/h5-10,14H,11-12H2,1-4H3,(H,19,21). The molecule has 124 valence electrons. The normalized spacial score (nSPS) is 12.2. The number of aryl methyl sites for hydroxylation is 1. The largest absolute Gasteiger partial charge is 0.496 e. The number of para-hydroxylation sites is 1. The molecule has 1 aromatic carbocycles. The van der Waals surface area contributed by atoms with Crippen LogP contribution in [0.3, 0.4) is 0 Å². The molecule has 0 radical (unpaired) electrons. The Morgan fingerprint density at radius 2 is 2.04 bits per heavy atom. The Hall–Kier alpha value is -2.27. The van der Waals surface area contributed by atoms with E-state index in [0.717, 1.165) is 22.8 Å². The summed E-state index contributed by atoms with van der Waals surface area (Å²) < 4.78 is 10.8. The third-order valence-corrected chi connectivity index (χ3v) is 3.89. The zero-order valence-electron chi connectivity index (χ0n) is 14.1. The number of likely N-dealkylation sites (N-methyl/N-ethyl adjacent to an activating group) is 1. The Morgan fingerprint density at radius 3 is 2.70 bits per heavy atom. The molecule has 23 heavy (non-hydrogen) atoms. The predicted octanol–water partition coefficient (Wildman–Crippen LogP) is 2.73. The van der Waals surface area contributed by atoms with E-state index in [-0.39, 0.29) is 11.9 Å². The maximum Gasteiger partial charge on any atom is 0.237 e. The van der Waals surface area contributed by atoms with Gasteiger partial charge >= 0.3 is 0 Å². The SMILES string of the molecule is COc1ccccc1CNC(=O)C(C)N(C)Cc1ccc(C)o1. The summed E-state index contributed by atoms with van der Waals surface area (Å²) in [6.07, 6.45) is 0. The molecule has 0 fully saturated rings. The third-order valence-electron chi connectivity index (χ3n) is 3.89. The number of nitrogens with one attached hydrogen (secondary N) is 1. The number of amides is 1. The Balaban J connectivity index is 1.89. The first-order valence-electron chi connectivity index (χ1n) is 7.66. The van der Waals surface area contributed by atoms with Gasteiger partial charge in [0.05, 0.1) is 19.7 Å². The molecule has 0 aliphatic rings. The Kier molecular flexibility index (Phi) is 5.82. The molecule has 1 amide bonds. The minimum absolute atomic E-state index is 0.0262. The fourth-order valence-electron chi connectivity index (χ4n) is 2.33. The van der Waals surface area contributed by atoms with Crippen LogP contribution in [0.2, 0.25) is 0 Å². The van der Waals surface area contributed by atoms with Crippen molar-refractivity contribution in [2.75, 3.05) is 14.2 Å². The number of rotatable bonds is 7. The molecule has 1 N–H and O–H groups in total. The lowest BCUT2D eigenvalue weighted by Gasteiger charge is -2.23. The molecule has 0 aliphatic carbocycles. The quantitative estimate of drug-likeness (QED) is 0.853. The van der Waals surface area contributed by atoms with Gasteiger partial charge in [0.25, 0.3) is 0 Å². The second-order valence-corrected chi connectivity index (χ2v) is 5.63. The number of carbonyl (C=O) groups is 1. The van der Waals surface area contributed by atoms with Crippen molar-refractivity contribution in [3.8, 4) is 5.75 Å². The molecule has 1 aromatic heterocycles. The first-order valence-corrected chi connectivity index (χ1v) is 7.66. The van der Waals surface area contributed by atoms with Gasteiger partial charge in [-0.25, -0.2) is 0 Å². The molecule has 5 heteroatoms. The van der Waals surface area contributed by atoms with Crippen LogP contribution in [0.5, 0.6) is 5.75 Å². The highest BCUT2D eigenvalue weighted by atomic mass is 16.5. The van der Waals surface area contributed by atoms with Gasteiger partial charge in [-0.2, -0.15) is 0 Å². The number of benzene rings is 1. The van der Waals surface area contributed by atoms with E-state index in [9.17, 15) is 4.79 Å². The van der Waals surface area contributed by atoms with Gasteiger partial charge in [0.15, 0.2) is 0 Å². The summed E-state index contributed by atoms with van der Waals surface area (Å²) in [5, 5.41) is 2.95. The average Bonchev–Trinajstić information content (AvgIpc) is 2.96. The van der Waals surface area contributed by atoms with Crippen molar-refractivity contribution < 1.29 is 13.9 Å². The third kappa shape index (κ3) is 4.60. The van der Waals surface area contributed by atoms with Gasteiger partial charge in [-0.3, -0.25) is 9.69 Å². The molecule has 1 atom stereocenters. The molecule has 2 rings (SSSR count). The van der Waals surface area contributed by atoms with Crippen LogP contribution < -0.4 is 10.1 Å². The van der Waals surface area contributed by atoms with Crippen molar-refractivity contribution >= 4 is 5.91 Å². The van der Waals surface area contributed by atoms with E-state index in [1.165, 1.54) is 0 Å². The number of carbonyl (C=O) groups excluding carboxylic acids is 1. The fraction of sp³-hybridized carbons (Fsp3) is 0.389. The Bertz CT molecular complexity index is 651. The first kappa shape index (κ1) is 17.1. The number of furan rings is 1. The fourth-order valence-corrected chi connectivity index (χ4v) is 2.33. The van der Waals surface area contributed by atoms with Crippen LogP contribution in [-0.2, 0) is 17.9 Å². The van der Waals surface area contributed by atoms with Gasteiger partial charge in [-0.15, -0.1) is 0 Å². The lowest BCUT2D eigenvalue weighted by molar-refractivity contribution is -0.125. The maximum absolute atomic E-state index is 12.3. The molecule has 0 aliphatic heterocycles. The highest BCUT2D eigenvalue weighted by Gasteiger charge is 2.19. The second-order valence-electron chi connectivity index (χ2n) is 5.63. The number of nitrogens with zero attached hydrogens (tertiary/aromatic N) is 1. The summed E-state index contributed by atoms with van der Waals surface area (Å²) >= 11 is 0. The van der Waals surface area contributed by atoms with Gasteiger partial charge in [0.1, 0.15) is 17.3 Å². The highest BCUT2D eigenvalue weighted by Crippen LogP contribution is 2.17. The number of methoxy groups -OCH3 is 1.